The minimum Gasteiger partial charge on any atom is -0.314 e. The smallest absolute Gasteiger partial charge is 0.314 e. The molecular weight excluding hydrogens is 180 g/mol. The van der Waals surface area contributed by atoms with Gasteiger partial charge in [-0.1, -0.05) is 5.57 Å². The first-order valence-corrected chi connectivity index (χ1v) is 4.16. The van der Waals surface area contributed by atoms with Crippen molar-refractivity contribution in [1.82, 2.24) is 15.3 Å². The van der Waals surface area contributed by atoms with Gasteiger partial charge in [0.25, 0.3) is 0 Å². The third-order valence-electron chi connectivity index (χ3n) is 1.28. The number of allylic oxidation sites excluding steroid dienone is 1. The quantitative estimate of drug-likeness (QED) is 0.746. The number of carbonyl (C=O) groups excluding carboxylic acids is 1. The van der Waals surface area contributed by atoms with Crippen molar-refractivity contribution in [2.24, 2.45) is 0 Å². The molecule has 1 aromatic rings. The highest BCUT2D eigenvalue weighted by Crippen LogP contribution is 1.93. The van der Waals surface area contributed by atoms with E-state index in [2.05, 4.69) is 20.6 Å². The van der Waals surface area contributed by atoms with Crippen molar-refractivity contribution in [2.45, 2.75) is 13.8 Å². The zero-order valence-corrected chi connectivity index (χ0v) is 8.11. The number of nitrogens with zero attached hydrogens (tertiary/aromatic N) is 2. The second-order valence-corrected chi connectivity index (χ2v) is 2.89. The Morgan fingerprint density at radius 2 is 2.00 bits per heavy atom. The summed E-state index contributed by atoms with van der Waals surface area (Å²) in [6, 6.07) is 1.33. The van der Waals surface area contributed by atoms with Crippen LogP contribution in [0.1, 0.15) is 13.8 Å². The fourth-order valence-electron chi connectivity index (χ4n) is 0.711. The third kappa shape index (κ3) is 3.66. The number of urea groups is 1. The van der Waals surface area contributed by atoms with Gasteiger partial charge in [0.2, 0.25) is 5.95 Å². The Balaban J connectivity index is 2.46. The molecule has 0 aliphatic carbocycles. The highest BCUT2D eigenvalue weighted by molar-refractivity contribution is 5.87. The van der Waals surface area contributed by atoms with Gasteiger partial charge in [0.1, 0.15) is 0 Å². The topological polar surface area (TPSA) is 66.9 Å². The average Bonchev–Trinajstić information content (AvgIpc) is 2.16. The summed E-state index contributed by atoms with van der Waals surface area (Å²) in [6.45, 7) is 3.78. The Labute approximate surface area is 82.3 Å². The number of amides is 2. The van der Waals surface area contributed by atoms with E-state index >= 15 is 0 Å². The van der Waals surface area contributed by atoms with Crippen molar-refractivity contribution in [3.8, 4) is 0 Å². The molecule has 1 heterocycles. The maximum absolute atomic E-state index is 11.2. The van der Waals surface area contributed by atoms with Crippen LogP contribution in [0, 0.1) is 0 Å². The molecule has 14 heavy (non-hydrogen) atoms. The first-order valence-electron chi connectivity index (χ1n) is 4.16. The normalized spacial score (nSPS) is 9.00. The van der Waals surface area contributed by atoms with Gasteiger partial charge in [0, 0.05) is 18.6 Å². The molecule has 1 aromatic heterocycles. The Morgan fingerprint density at radius 1 is 1.36 bits per heavy atom. The summed E-state index contributed by atoms with van der Waals surface area (Å²) in [4.78, 5) is 18.9. The first-order chi connectivity index (χ1) is 6.68. The number of aromatic nitrogens is 2. The molecule has 0 saturated heterocycles. The number of carbonyl (C=O) groups is 1. The van der Waals surface area contributed by atoms with Crippen molar-refractivity contribution in [2.75, 3.05) is 5.32 Å². The van der Waals surface area contributed by atoms with Gasteiger partial charge >= 0.3 is 6.03 Å². The van der Waals surface area contributed by atoms with E-state index in [4.69, 9.17) is 0 Å². The Bertz CT molecular complexity index is 330. The SMILES string of the molecule is CC(C)=CNC(=O)Nc1ncccn1. The minimum atomic E-state index is -0.350. The van der Waals surface area contributed by atoms with E-state index in [9.17, 15) is 4.79 Å². The monoisotopic (exact) mass is 192 g/mol. The zero-order valence-electron chi connectivity index (χ0n) is 8.11. The van der Waals surface area contributed by atoms with Crippen molar-refractivity contribution in [1.29, 1.82) is 0 Å². The molecule has 2 amide bonds. The van der Waals surface area contributed by atoms with Crippen molar-refractivity contribution < 1.29 is 4.79 Å². The van der Waals surface area contributed by atoms with Crippen LogP contribution in [-0.2, 0) is 0 Å². The van der Waals surface area contributed by atoms with Gasteiger partial charge in [0.15, 0.2) is 0 Å². The predicted molar refractivity (Wildman–Crippen MR) is 53.6 cm³/mol. The summed E-state index contributed by atoms with van der Waals surface area (Å²) in [5.41, 5.74) is 1.01. The van der Waals surface area contributed by atoms with Crippen molar-refractivity contribution in [3.63, 3.8) is 0 Å². The Hall–Kier alpha value is -1.91. The fourth-order valence-corrected chi connectivity index (χ4v) is 0.711. The van der Waals surface area contributed by atoms with E-state index in [-0.39, 0.29) is 12.0 Å². The van der Waals surface area contributed by atoms with Crippen molar-refractivity contribution in [3.05, 3.63) is 30.2 Å². The van der Waals surface area contributed by atoms with E-state index in [1.165, 1.54) is 0 Å². The Morgan fingerprint density at radius 3 is 2.57 bits per heavy atom. The summed E-state index contributed by atoms with van der Waals surface area (Å²) in [6.07, 6.45) is 4.73. The summed E-state index contributed by atoms with van der Waals surface area (Å²) in [5, 5.41) is 5.02. The van der Waals surface area contributed by atoms with Gasteiger partial charge in [-0.2, -0.15) is 0 Å². The molecule has 5 nitrogen and oxygen atoms in total. The largest absolute Gasteiger partial charge is 0.325 e. The molecule has 0 aliphatic rings. The van der Waals surface area contributed by atoms with E-state index in [0.29, 0.717) is 0 Å². The summed E-state index contributed by atoms with van der Waals surface area (Å²) >= 11 is 0. The predicted octanol–water partition coefficient (Wildman–Crippen LogP) is 1.52. The van der Waals surface area contributed by atoms with Crippen LogP contribution in [0.2, 0.25) is 0 Å². The summed E-state index contributed by atoms with van der Waals surface area (Å²) in [5.74, 6) is 0.284. The Kier molecular flexibility index (Phi) is 3.60. The van der Waals surface area contributed by atoms with Gasteiger partial charge in [-0.15, -0.1) is 0 Å². The first kappa shape index (κ1) is 10.2. The van der Waals surface area contributed by atoms with Gasteiger partial charge < -0.3 is 5.32 Å². The summed E-state index contributed by atoms with van der Waals surface area (Å²) in [7, 11) is 0. The molecule has 0 aromatic carbocycles. The number of anilines is 1. The lowest BCUT2D eigenvalue weighted by Crippen LogP contribution is -2.25. The number of hydrogen-bond acceptors (Lipinski definition) is 3. The summed E-state index contributed by atoms with van der Waals surface area (Å²) < 4.78 is 0. The number of hydrogen-bond donors (Lipinski definition) is 2. The molecule has 0 aliphatic heterocycles. The third-order valence-corrected chi connectivity index (χ3v) is 1.28. The zero-order chi connectivity index (χ0) is 10.4. The highest BCUT2D eigenvalue weighted by atomic mass is 16.2. The van der Waals surface area contributed by atoms with E-state index < -0.39 is 0 Å². The van der Waals surface area contributed by atoms with Crippen LogP contribution in [0.4, 0.5) is 10.7 Å². The molecule has 0 unspecified atom stereocenters. The lowest BCUT2D eigenvalue weighted by atomic mass is 10.4. The van der Waals surface area contributed by atoms with Crippen LogP contribution in [0.25, 0.3) is 0 Å². The van der Waals surface area contributed by atoms with Crippen LogP contribution in [-0.4, -0.2) is 16.0 Å². The van der Waals surface area contributed by atoms with Crippen LogP contribution < -0.4 is 10.6 Å². The number of rotatable bonds is 2. The molecule has 1 rings (SSSR count). The van der Waals surface area contributed by atoms with Crippen LogP contribution in [0.3, 0.4) is 0 Å². The maximum atomic E-state index is 11.2. The lowest BCUT2D eigenvalue weighted by molar-refractivity contribution is 0.255. The highest BCUT2D eigenvalue weighted by Gasteiger charge is 1.99. The second-order valence-electron chi connectivity index (χ2n) is 2.89. The molecule has 0 saturated carbocycles. The molecular formula is C9H12N4O. The molecule has 0 radical (unpaired) electrons. The standard InChI is InChI=1S/C9H12N4O/c1-7(2)6-12-9(14)13-8-10-4-3-5-11-8/h3-6H,1-2H3,(H2,10,11,12,13,14). The molecule has 0 spiro atoms. The number of nitrogens with one attached hydrogen (secondary N) is 2. The van der Waals surface area contributed by atoms with Crippen LogP contribution in [0.15, 0.2) is 30.2 Å². The molecule has 5 heteroatoms. The lowest BCUT2D eigenvalue weighted by Gasteiger charge is -2.01. The minimum absolute atomic E-state index is 0.284. The molecule has 0 fully saturated rings. The maximum Gasteiger partial charge on any atom is 0.325 e. The van der Waals surface area contributed by atoms with Crippen LogP contribution >= 0.6 is 0 Å². The van der Waals surface area contributed by atoms with Crippen molar-refractivity contribution >= 4 is 12.0 Å². The van der Waals surface area contributed by atoms with E-state index in [1.54, 1.807) is 24.7 Å². The molecule has 2 N–H and O–H groups in total. The fraction of sp³-hybridized carbons (Fsp3) is 0.222. The van der Waals surface area contributed by atoms with Gasteiger partial charge in [-0.3, -0.25) is 5.32 Å². The average molecular weight is 192 g/mol. The van der Waals surface area contributed by atoms with E-state index in [1.807, 2.05) is 13.8 Å². The van der Waals surface area contributed by atoms with Crippen LogP contribution in [0.5, 0.6) is 0 Å². The molecule has 0 atom stereocenters. The van der Waals surface area contributed by atoms with Gasteiger partial charge in [-0.25, -0.2) is 14.8 Å². The van der Waals surface area contributed by atoms with E-state index in [0.717, 1.165) is 5.57 Å². The molecule has 74 valence electrons. The van der Waals surface area contributed by atoms with Gasteiger partial charge in [-0.05, 0) is 19.9 Å². The molecule has 0 bridgehead atoms. The van der Waals surface area contributed by atoms with Gasteiger partial charge in [0.05, 0.1) is 0 Å². The second kappa shape index (κ2) is 4.96.